The van der Waals surface area contributed by atoms with Crippen LogP contribution in [0.15, 0.2) is 77.7 Å². The van der Waals surface area contributed by atoms with Crippen molar-refractivity contribution >= 4 is 33.2 Å². The second-order valence-corrected chi connectivity index (χ2v) is 11.1. The molecular weight excluding hydrogens is 521 g/mol. The number of carbonyl (C=O) groups excluding carboxylic acids is 2. The Morgan fingerprint density at radius 2 is 1.56 bits per heavy atom. The van der Waals surface area contributed by atoms with Crippen LogP contribution in [-0.4, -0.2) is 51.4 Å². The fourth-order valence-corrected chi connectivity index (χ4v) is 5.89. The van der Waals surface area contributed by atoms with E-state index in [9.17, 15) is 22.4 Å². The smallest absolute Gasteiger partial charge is 0.264 e. The molecule has 1 fully saturated rings. The summed E-state index contributed by atoms with van der Waals surface area (Å²) in [5.74, 6) is -0.837. The van der Waals surface area contributed by atoms with Crippen molar-refractivity contribution < 1.29 is 27.1 Å². The van der Waals surface area contributed by atoms with E-state index in [0.717, 1.165) is 54.3 Å². The fraction of sp³-hybridized carbons (Fsp3) is 0.310. The highest BCUT2D eigenvalue weighted by molar-refractivity contribution is 7.92. The van der Waals surface area contributed by atoms with Crippen molar-refractivity contribution in [3.05, 3.63) is 84.2 Å². The number of ether oxygens (including phenoxy) is 1. The number of nitrogens with zero attached hydrogens (tertiary/aromatic N) is 2. The molecule has 1 saturated heterocycles. The van der Waals surface area contributed by atoms with Crippen molar-refractivity contribution in [3.63, 3.8) is 0 Å². The predicted molar refractivity (Wildman–Crippen MR) is 148 cm³/mol. The first-order chi connectivity index (χ1) is 18.8. The third-order valence-electron chi connectivity index (χ3n) is 6.45. The van der Waals surface area contributed by atoms with Crippen LogP contribution in [0.1, 0.15) is 43.0 Å². The van der Waals surface area contributed by atoms with Gasteiger partial charge >= 0.3 is 0 Å². The van der Waals surface area contributed by atoms with Crippen molar-refractivity contribution in [2.24, 2.45) is 0 Å². The van der Waals surface area contributed by atoms with Crippen LogP contribution in [0.3, 0.4) is 0 Å². The van der Waals surface area contributed by atoms with Gasteiger partial charge in [0.25, 0.3) is 15.9 Å². The minimum atomic E-state index is -4.24. The van der Waals surface area contributed by atoms with E-state index in [-0.39, 0.29) is 16.5 Å². The van der Waals surface area contributed by atoms with E-state index in [2.05, 4.69) is 5.32 Å². The summed E-state index contributed by atoms with van der Waals surface area (Å²) in [4.78, 5) is 28.2. The minimum absolute atomic E-state index is 0.165. The molecule has 4 rings (SSSR count). The number of sulfonamides is 1. The van der Waals surface area contributed by atoms with Crippen LogP contribution in [0.4, 0.5) is 15.8 Å². The standard InChI is InChI=1S/C29H32FN3O5S/c1-2-38-24-15-13-23(14-16-24)33(39(36,37)25-17-11-22(30)12-18-25)21-28(34)31-27-10-6-5-9-26(27)29(35)32-19-7-3-4-8-20-32/h5-6,9-18H,2-4,7-8,19-21H2,1H3,(H,31,34). The molecule has 0 bridgehead atoms. The van der Waals surface area contributed by atoms with E-state index in [1.54, 1.807) is 41.3 Å². The first-order valence-corrected chi connectivity index (χ1v) is 14.4. The monoisotopic (exact) mass is 553 g/mol. The Bertz CT molecular complexity index is 1390. The zero-order chi connectivity index (χ0) is 27.8. The van der Waals surface area contributed by atoms with Crippen LogP contribution in [0.5, 0.6) is 5.75 Å². The van der Waals surface area contributed by atoms with Gasteiger partial charge in [-0.3, -0.25) is 13.9 Å². The Hall–Kier alpha value is -3.92. The van der Waals surface area contributed by atoms with E-state index in [1.165, 1.54) is 12.1 Å². The maximum Gasteiger partial charge on any atom is 0.264 e. The minimum Gasteiger partial charge on any atom is -0.494 e. The topological polar surface area (TPSA) is 96.0 Å². The van der Waals surface area contributed by atoms with Crippen molar-refractivity contribution in [1.82, 2.24) is 4.90 Å². The summed E-state index contributed by atoms with van der Waals surface area (Å²) in [5.41, 5.74) is 0.885. The molecule has 206 valence electrons. The van der Waals surface area contributed by atoms with Gasteiger partial charge < -0.3 is 15.0 Å². The predicted octanol–water partition coefficient (Wildman–Crippen LogP) is 5.07. The Morgan fingerprint density at radius 3 is 2.21 bits per heavy atom. The molecule has 1 aliphatic rings. The second-order valence-electron chi connectivity index (χ2n) is 9.19. The number of rotatable bonds is 9. The number of likely N-dealkylation sites (tertiary alicyclic amines) is 1. The molecule has 0 spiro atoms. The van der Waals surface area contributed by atoms with E-state index in [4.69, 9.17) is 4.74 Å². The average molecular weight is 554 g/mol. The van der Waals surface area contributed by atoms with Gasteiger partial charge in [0.15, 0.2) is 0 Å². The van der Waals surface area contributed by atoms with Gasteiger partial charge in [-0.05, 0) is 80.4 Å². The Morgan fingerprint density at radius 1 is 0.923 bits per heavy atom. The van der Waals surface area contributed by atoms with Crippen LogP contribution >= 0.6 is 0 Å². The highest BCUT2D eigenvalue weighted by Crippen LogP contribution is 2.27. The largest absolute Gasteiger partial charge is 0.494 e. The van der Waals surface area contributed by atoms with Gasteiger partial charge in [-0.1, -0.05) is 25.0 Å². The van der Waals surface area contributed by atoms with Crippen molar-refractivity contribution in [3.8, 4) is 5.75 Å². The highest BCUT2D eigenvalue weighted by atomic mass is 32.2. The lowest BCUT2D eigenvalue weighted by Crippen LogP contribution is -2.38. The van der Waals surface area contributed by atoms with Gasteiger partial charge in [0.05, 0.1) is 28.4 Å². The fourth-order valence-electron chi connectivity index (χ4n) is 4.47. The molecule has 8 nitrogen and oxygen atoms in total. The lowest BCUT2D eigenvalue weighted by molar-refractivity contribution is -0.114. The number of nitrogens with one attached hydrogen (secondary N) is 1. The SMILES string of the molecule is CCOc1ccc(N(CC(=O)Nc2ccccc2C(=O)N2CCCCCC2)S(=O)(=O)c2ccc(F)cc2)cc1. The molecule has 0 saturated carbocycles. The maximum absolute atomic E-state index is 13.6. The number of benzene rings is 3. The third-order valence-corrected chi connectivity index (χ3v) is 8.24. The maximum atomic E-state index is 13.6. The van der Waals surface area contributed by atoms with Gasteiger partial charge in [-0.15, -0.1) is 0 Å². The van der Waals surface area contributed by atoms with Crippen molar-refractivity contribution in [1.29, 1.82) is 0 Å². The number of amides is 2. The first kappa shape index (κ1) is 28.1. The molecule has 0 unspecified atom stereocenters. The van der Waals surface area contributed by atoms with Crippen LogP contribution < -0.4 is 14.4 Å². The lowest BCUT2D eigenvalue weighted by atomic mass is 10.1. The lowest BCUT2D eigenvalue weighted by Gasteiger charge is -2.25. The first-order valence-electron chi connectivity index (χ1n) is 13.0. The molecule has 0 aromatic heterocycles. The van der Waals surface area contributed by atoms with E-state index < -0.39 is 28.3 Å². The summed E-state index contributed by atoms with van der Waals surface area (Å²) in [7, 11) is -4.24. The Balaban J connectivity index is 1.61. The Labute approximate surface area is 228 Å². The van der Waals surface area contributed by atoms with Gasteiger partial charge in [0.1, 0.15) is 18.1 Å². The van der Waals surface area contributed by atoms with Crippen molar-refractivity contribution in [2.45, 2.75) is 37.5 Å². The third kappa shape index (κ3) is 6.94. The number of para-hydroxylation sites is 1. The molecule has 1 aliphatic heterocycles. The van der Waals surface area contributed by atoms with Gasteiger partial charge in [-0.25, -0.2) is 12.8 Å². The average Bonchev–Trinajstić information content (AvgIpc) is 3.22. The molecule has 1 N–H and O–H groups in total. The molecule has 3 aromatic rings. The molecular formula is C29H32FN3O5S. The molecule has 2 amide bonds. The van der Waals surface area contributed by atoms with Crippen LogP contribution in [0.25, 0.3) is 0 Å². The zero-order valence-electron chi connectivity index (χ0n) is 21.8. The molecule has 3 aromatic carbocycles. The number of anilines is 2. The molecule has 39 heavy (non-hydrogen) atoms. The number of halogens is 1. The van der Waals surface area contributed by atoms with E-state index >= 15 is 0 Å². The van der Waals surface area contributed by atoms with Crippen LogP contribution in [0.2, 0.25) is 0 Å². The quantitative estimate of drug-likeness (QED) is 0.399. The highest BCUT2D eigenvalue weighted by Gasteiger charge is 2.28. The summed E-state index contributed by atoms with van der Waals surface area (Å²) in [5, 5.41) is 2.73. The van der Waals surface area contributed by atoms with Gasteiger partial charge in [0.2, 0.25) is 5.91 Å². The number of carbonyl (C=O) groups is 2. The van der Waals surface area contributed by atoms with Crippen LogP contribution in [-0.2, 0) is 14.8 Å². The van der Waals surface area contributed by atoms with E-state index in [1.807, 2.05) is 6.92 Å². The summed E-state index contributed by atoms with van der Waals surface area (Å²) in [6.45, 7) is 3.01. The van der Waals surface area contributed by atoms with Crippen LogP contribution in [0, 0.1) is 5.82 Å². The zero-order valence-corrected chi connectivity index (χ0v) is 22.6. The van der Waals surface area contributed by atoms with Gasteiger partial charge in [0, 0.05) is 13.1 Å². The molecule has 0 atom stereocenters. The summed E-state index contributed by atoms with van der Waals surface area (Å²) in [6, 6.07) is 17.4. The number of hydrogen-bond donors (Lipinski definition) is 1. The molecule has 0 aliphatic carbocycles. The molecule has 10 heteroatoms. The molecule has 1 heterocycles. The molecule has 0 radical (unpaired) electrons. The number of hydrogen-bond acceptors (Lipinski definition) is 5. The Kier molecular flexibility index (Phi) is 9.19. The summed E-state index contributed by atoms with van der Waals surface area (Å²) >= 11 is 0. The van der Waals surface area contributed by atoms with Gasteiger partial charge in [-0.2, -0.15) is 0 Å². The van der Waals surface area contributed by atoms with Crippen molar-refractivity contribution in [2.75, 3.05) is 35.9 Å². The summed E-state index contributed by atoms with van der Waals surface area (Å²) < 4.78 is 47.1. The second kappa shape index (κ2) is 12.8. The normalized spacial score (nSPS) is 13.8. The van der Waals surface area contributed by atoms with E-state index in [0.29, 0.717) is 36.7 Å². The summed E-state index contributed by atoms with van der Waals surface area (Å²) in [6.07, 6.45) is 4.01.